The molecule has 0 aliphatic heterocycles. The van der Waals surface area contributed by atoms with Crippen LogP contribution in [0.15, 0.2) is 54.1 Å². The lowest BCUT2D eigenvalue weighted by Gasteiger charge is -2.13. The molecule has 1 aliphatic carbocycles. The summed E-state index contributed by atoms with van der Waals surface area (Å²) in [6, 6.07) is 13.0. The Morgan fingerprint density at radius 3 is 2.80 bits per heavy atom. The summed E-state index contributed by atoms with van der Waals surface area (Å²) in [7, 11) is 0. The van der Waals surface area contributed by atoms with E-state index in [1.807, 2.05) is 37.3 Å². The molecule has 30 heavy (non-hydrogen) atoms. The van der Waals surface area contributed by atoms with Crippen LogP contribution in [0, 0.1) is 6.92 Å². The predicted octanol–water partition coefficient (Wildman–Crippen LogP) is 5.48. The van der Waals surface area contributed by atoms with Crippen LogP contribution in [0.3, 0.4) is 0 Å². The van der Waals surface area contributed by atoms with E-state index in [9.17, 15) is 9.59 Å². The molecule has 154 valence electrons. The molecular formula is C24H25N3O2S. The first-order valence-corrected chi connectivity index (χ1v) is 11.1. The molecule has 0 radical (unpaired) electrons. The van der Waals surface area contributed by atoms with E-state index in [0.717, 1.165) is 34.9 Å². The zero-order chi connectivity index (χ0) is 20.9. The number of rotatable bonds is 6. The molecule has 0 atom stereocenters. The first-order valence-electron chi connectivity index (χ1n) is 10.3. The van der Waals surface area contributed by atoms with Gasteiger partial charge in [-0.1, -0.05) is 35.9 Å². The fourth-order valence-electron chi connectivity index (χ4n) is 3.70. The molecule has 5 nitrogen and oxygen atoms in total. The second kappa shape index (κ2) is 9.22. The van der Waals surface area contributed by atoms with Gasteiger partial charge in [0.25, 0.3) is 11.8 Å². The van der Waals surface area contributed by atoms with Crippen molar-refractivity contribution in [2.24, 2.45) is 0 Å². The molecule has 2 N–H and O–H groups in total. The highest BCUT2D eigenvalue weighted by atomic mass is 32.1. The van der Waals surface area contributed by atoms with Gasteiger partial charge in [-0.25, -0.2) is 0 Å². The van der Waals surface area contributed by atoms with E-state index >= 15 is 0 Å². The van der Waals surface area contributed by atoms with Crippen LogP contribution in [0.4, 0.5) is 5.69 Å². The summed E-state index contributed by atoms with van der Waals surface area (Å²) < 4.78 is 5.28. The van der Waals surface area contributed by atoms with Crippen molar-refractivity contribution in [1.29, 1.82) is 0 Å². The Morgan fingerprint density at radius 1 is 1.10 bits per heavy atom. The topological polar surface area (TPSA) is 71.1 Å². The van der Waals surface area contributed by atoms with Crippen molar-refractivity contribution in [3.05, 3.63) is 70.9 Å². The molecule has 4 rings (SSSR count). The van der Waals surface area contributed by atoms with Crippen molar-refractivity contribution in [3.8, 4) is 0 Å². The third-order valence-corrected chi connectivity index (χ3v) is 6.28. The van der Waals surface area contributed by atoms with E-state index in [0.29, 0.717) is 23.5 Å². The first-order chi connectivity index (χ1) is 14.6. The van der Waals surface area contributed by atoms with Crippen LogP contribution < -0.4 is 10.6 Å². The van der Waals surface area contributed by atoms with Crippen LogP contribution in [-0.4, -0.2) is 22.7 Å². The van der Waals surface area contributed by atoms with Crippen molar-refractivity contribution >= 4 is 39.1 Å². The molecule has 1 aliphatic rings. The Morgan fingerprint density at radius 2 is 1.97 bits per heavy atom. The first kappa shape index (κ1) is 20.3. The van der Waals surface area contributed by atoms with E-state index < -0.39 is 0 Å². The minimum Gasteiger partial charge on any atom is -0.352 e. The third-order valence-electron chi connectivity index (χ3n) is 5.46. The lowest BCUT2D eigenvalue weighted by molar-refractivity contribution is 0.0952. The minimum absolute atomic E-state index is 0.124. The second-order valence-corrected chi connectivity index (χ2v) is 8.43. The number of benzene rings is 2. The number of carbonyl (C=O) groups is 2. The Labute approximate surface area is 180 Å². The highest BCUT2D eigenvalue weighted by Crippen LogP contribution is 2.24. The van der Waals surface area contributed by atoms with Crippen LogP contribution in [0.2, 0.25) is 0 Å². The smallest absolute Gasteiger partial charge is 0.276 e. The number of nitrogens with zero attached hydrogens (tertiary/aromatic N) is 1. The number of amides is 2. The Hall–Kier alpha value is -2.99. The molecule has 1 aromatic heterocycles. The number of allylic oxidation sites excluding steroid dienone is 1. The quantitative estimate of drug-likeness (QED) is 0.520. The molecule has 2 aromatic carbocycles. The molecule has 0 bridgehead atoms. The molecule has 3 aromatic rings. The number of carbonyl (C=O) groups excluding carboxylic acids is 2. The maximum Gasteiger partial charge on any atom is 0.276 e. The Balaban J connectivity index is 1.43. The van der Waals surface area contributed by atoms with Gasteiger partial charge < -0.3 is 10.6 Å². The zero-order valence-corrected chi connectivity index (χ0v) is 17.8. The Bertz CT molecular complexity index is 1120. The van der Waals surface area contributed by atoms with Crippen LogP contribution >= 0.6 is 11.5 Å². The maximum absolute atomic E-state index is 12.8. The van der Waals surface area contributed by atoms with Gasteiger partial charge in [-0.15, -0.1) is 0 Å². The van der Waals surface area contributed by atoms with Gasteiger partial charge in [-0.3, -0.25) is 9.59 Å². The molecule has 0 fully saturated rings. The van der Waals surface area contributed by atoms with Gasteiger partial charge in [0.05, 0.1) is 4.70 Å². The van der Waals surface area contributed by atoms with Gasteiger partial charge in [0.15, 0.2) is 0 Å². The summed E-state index contributed by atoms with van der Waals surface area (Å²) in [5, 5.41) is 6.76. The SMILES string of the molecule is Cc1ccc(C(=O)NCCC2=CCCCC2)cc1NC(=O)c1nsc2ccccc12. The van der Waals surface area contributed by atoms with Crippen molar-refractivity contribution in [1.82, 2.24) is 9.69 Å². The second-order valence-electron chi connectivity index (χ2n) is 7.63. The summed E-state index contributed by atoms with van der Waals surface area (Å²) in [4.78, 5) is 25.4. The van der Waals surface area contributed by atoms with E-state index in [-0.39, 0.29) is 11.8 Å². The van der Waals surface area contributed by atoms with Gasteiger partial charge in [-0.2, -0.15) is 4.37 Å². The number of aromatic nitrogens is 1. The molecule has 0 spiro atoms. The fourth-order valence-corrected chi connectivity index (χ4v) is 4.47. The van der Waals surface area contributed by atoms with Gasteiger partial charge in [0.1, 0.15) is 5.69 Å². The summed E-state index contributed by atoms with van der Waals surface area (Å²) in [5.74, 6) is -0.390. The van der Waals surface area contributed by atoms with Crippen LogP contribution in [0.1, 0.15) is 58.5 Å². The number of hydrogen-bond acceptors (Lipinski definition) is 4. The van der Waals surface area contributed by atoms with Crippen molar-refractivity contribution < 1.29 is 9.59 Å². The number of fused-ring (bicyclic) bond motifs is 1. The molecule has 0 saturated heterocycles. The lowest BCUT2D eigenvalue weighted by Crippen LogP contribution is -2.25. The van der Waals surface area contributed by atoms with Crippen molar-refractivity contribution in [2.75, 3.05) is 11.9 Å². The average molecular weight is 420 g/mol. The molecule has 0 unspecified atom stereocenters. The summed E-state index contributed by atoms with van der Waals surface area (Å²) in [6.45, 7) is 2.54. The van der Waals surface area contributed by atoms with E-state index in [2.05, 4.69) is 21.1 Å². The van der Waals surface area contributed by atoms with Crippen LogP contribution in [-0.2, 0) is 0 Å². The zero-order valence-electron chi connectivity index (χ0n) is 17.0. The Kier molecular flexibility index (Phi) is 6.23. The predicted molar refractivity (Wildman–Crippen MR) is 122 cm³/mol. The van der Waals surface area contributed by atoms with Gasteiger partial charge >= 0.3 is 0 Å². The van der Waals surface area contributed by atoms with Crippen molar-refractivity contribution in [3.63, 3.8) is 0 Å². The number of anilines is 1. The number of nitrogens with one attached hydrogen (secondary N) is 2. The van der Waals surface area contributed by atoms with Crippen LogP contribution in [0.25, 0.3) is 10.1 Å². The largest absolute Gasteiger partial charge is 0.352 e. The molecule has 1 heterocycles. The van der Waals surface area contributed by atoms with Gasteiger partial charge in [-0.05, 0) is 74.3 Å². The maximum atomic E-state index is 12.8. The molecular weight excluding hydrogens is 394 g/mol. The highest BCUT2D eigenvalue weighted by Gasteiger charge is 2.16. The molecule has 0 saturated carbocycles. The number of aryl methyl sites for hydroxylation is 1. The van der Waals surface area contributed by atoms with Crippen LogP contribution in [0.5, 0.6) is 0 Å². The monoisotopic (exact) mass is 419 g/mol. The molecule has 6 heteroatoms. The minimum atomic E-state index is -0.266. The number of hydrogen-bond donors (Lipinski definition) is 2. The van der Waals surface area contributed by atoms with E-state index in [1.165, 1.54) is 29.9 Å². The molecule has 2 amide bonds. The normalized spacial score (nSPS) is 13.7. The van der Waals surface area contributed by atoms with Crippen molar-refractivity contribution in [2.45, 2.75) is 39.0 Å². The standard InChI is InChI=1S/C24H25N3O2S/c1-16-11-12-18(23(28)25-14-13-17-7-3-2-4-8-17)15-20(16)26-24(29)22-19-9-5-6-10-21(19)30-27-22/h5-7,9-12,15H,2-4,8,13-14H2,1H3,(H,25,28)(H,26,29). The average Bonchev–Trinajstić information content (AvgIpc) is 3.20. The fraction of sp³-hybridized carbons (Fsp3) is 0.292. The third kappa shape index (κ3) is 4.60. The van der Waals surface area contributed by atoms with Gasteiger partial charge in [0, 0.05) is 23.2 Å². The van der Waals surface area contributed by atoms with E-state index in [4.69, 9.17) is 0 Å². The summed E-state index contributed by atoms with van der Waals surface area (Å²) >= 11 is 1.31. The lowest BCUT2D eigenvalue weighted by atomic mass is 9.97. The summed E-state index contributed by atoms with van der Waals surface area (Å²) in [5.41, 5.74) is 3.91. The van der Waals surface area contributed by atoms with Gasteiger partial charge in [0.2, 0.25) is 0 Å². The van der Waals surface area contributed by atoms with E-state index in [1.54, 1.807) is 12.1 Å². The highest BCUT2D eigenvalue weighted by molar-refractivity contribution is 7.13. The summed E-state index contributed by atoms with van der Waals surface area (Å²) in [6.07, 6.45) is 8.01.